The third-order valence-electron chi connectivity index (χ3n) is 3.36. The Labute approximate surface area is 131 Å². The number of hydrogen-bond donors (Lipinski definition) is 0. The molecule has 2 aromatic rings. The van der Waals surface area contributed by atoms with E-state index >= 15 is 0 Å². The van der Waals surface area contributed by atoms with Crippen molar-refractivity contribution in [2.45, 2.75) is 12.5 Å². The van der Waals surface area contributed by atoms with Crippen LogP contribution in [-0.2, 0) is 0 Å². The minimum absolute atomic E-state index is 0.0172. The number of carbonyl (C=O) groups excluding carboxylic acids is 1. The van der Waals surface area contributed by atoms with Crippen LogP contribution in [0.15, 0.2) is 47.3 Å². The van der Waals surface area contributed by atoms with Crippen LogP contribution in [-0.4, -0.2) is 40.0 Å². The molecule has 21 heavy (non-hydrogen) atoms. The zero-order valence-electron chi connectivity index (χ0n) is 11.3. The largest absolute Gasteiger partial charge is 0.472 e. The molecular weight excluding hydrogens is 334 g/mol. The van der Waals surface area contributed by atoms with Gasteiger partial charge in [-0.1, -0.05) is 0 Å². The molecule has 2 aromatic heterocycles. The van der Waals surface area contributed by atoms with Crippen LogP contribution in [0, 0.1) is 0 Å². The molecule has 1 aliphatic rings. The zero-order valence-corrected chi connectivity index (χ0v) is 12.9. The topological polar surface area (TPSA) is 55.3 Å². The molecule has 6 heteroatoms. The number of rotatable bonds is 3. The van der Waals surface area contributed by atoms with E-state index in [2.05, 4.69) is 25.9 Å². The number of nitrogens with zero attached hydrogens (tertiary/aromatic N) is 3. The summed E-state index contributed by atoms with van der Waals surface area (Å²) in [6.45, 7) is 1.26. The second-order valence-corrected chi connectivity index (χ2v) is 5.66. The molecule has 1 atom stereocenters. The Kier molecular flexibility index (Phi) is 4.15. The summed E-state index contributed by atoms with van der Waals surface area (Å²) in [5.74, 6) is 0.587. The van der Waals surface area contributed by atoms with Crippen molar-refractivity contribution in [3.63, 3.8) is 0 Å². The Morgan fingerprint density at radius 1 is 1.29 bits per heavy atom. The van der Waals surface area contributed by atoms with Crippen LogP contribution in [0.25, 0.3) is 0 Å². The minimum atomic E-state index is -0.0259. The lowest BCUT2D eigenvalue weighted by Crippen LogP contribution is -2.31. The number of carbonyl (C=O) groups is 1. The van der Waals surface area contributed by atoms with E-state index in [0.717, 1.165) is 10.9 Å². The number of halogens is 1. The molecule has 3 rings (SSSR count). The van der Waals surface area contributed by atoms with Gasteiger partial charge in [-0.2, -0.15) is 0 Å². The van der Waals surface area contributed by atoms with E-state index in [-0.39, 0.29) is 12.0 Å². The predicted octanol–water partition coefficient (Wildman–Crippen LogP) is 2.53. The van der Waals surface area contributed by atoms with Crippen molar-refractivity contribution in [3.05, 3.63) is 52.9 Å². The maximum absolute atomic E-state index is 12.3. The monoisotopic (exact) mass is 347 g/mol. The summed E-state index contributed by atoms with van der Waals surface area (Å²) in [5, 5.41) is 0. The van der Waals surface area contributed by atoms with Gasteiger partial charge in [0.2, 0.25) is 5.88 Å². The van der Waals surface area contributed by atoms with E-state index in [0.29, 0.717) is 24.5 Å². The molecule has 3 heterocycles. The number of amides is 1. The molecular formula is C15H14BrN3O2. The van der Waals surface area contributed by atoms with Gasteiger partial charge in [0.25, 0.3) is 5.91 Å². The van der Waals surface area contributed by atoms with Crippen LogP contribution in [0.2, 0.25) is 0 Å². The Bertz CT molecular complexity index is 636. The van der Waals surface area contributed by atoms with Crippen LogP contribution < -0.4 is 4.74 Å². The lowest BCUT2D eigenvalue weighted by atomic mass is 10.2. The summed E-state index contributed by atoms with van der Waals surface area (Å²) < 4.78 is 6.68. The molecule has 0 saturated carbocycles. The maximum Gasteiger partial charge on any atom is 0.254 e. The first-order valence-electron chi connectivity index (χ1n) is 6.70. The average molecular weight is 348 g/mol. The Morgan fingerprint density at radius 3 is 2.86 bits per heavy atom. The molecule has 0 aliphatic carbocycles. The fourth-order valence-electron chi connectivity index (χ4n) is 2.30. The Morgan fingerprint density at radius 2 is 2.10 bits per heavy atom. The minimum Gasteiger partial charge on any atom is -0.472 e. The number of aromatic nitrogens is 2. The quantitative estimate of drug-likeness (QED) is 0.855. The van der Waals surface area contributed by atoms with Crippen LogP contribution in [0.1, 0.15) is 16.8 Å². The third kappa shape index (κ3) is 3.21. The van der Waals surface area contributed by atoms with Crippen LogP contribution >= 0.6 is 15.9 Å². The smallest absolute Gasteiger partial charge is 0.254 e. The molecule has 0 spiro atoms. The molecule has 1 unspecified atom stereocenters. The van der Waals surface area contributed by atoms with Crippen molar-refractivity contribution in [1.29, 1.82) is 0 Å². The molecule has 5 nitrogen and oxygen atoms in total. The second kappa shape index (κ2) is 6.22. The van der Waals surface area contributed by atoms with E-state index in [4.69, 9.17) is 4.74 Å². The summed E-state index contributed by atoms with van der Waals surface area (Å²) in [7, 11) is 0. The summed E-state index contributed by atoms with van der Waals surface area (Å²) in [5.41, 5.74) is 0.657. The third-order valence-corrected chi connectivity index (χ3v) is 3.97. The van der Waals surface area contributed by atoms with Gasteiger partial charge in [-0.25, -0.2) is 4.98 Å². The fraction of sp³-hybridized carbons (Fsp3) is 0.267. The summed E-state index contributed by atoms with van der Waals surface area (Å²) >= 11 is 3.41. The summed E-state index contributed by atoms with van der Waals surface area (Å²) in [6.07, 6.45) is 5.72. The van der Waals surface area contributed by atoms with E-state index in [9.17, 15) is 4.79 Å². The zero-order chi connectivity index (χ0) is 14.7. The van der Waals surface area contributed by atoms with Gasteiger partial charge in [0, 0.05) is 37.1 Å². The molecule has 1 fully saturated rings. The Balaban J connectivity index is 1.63. The standard InChI is InChI=1S/C15H14BrN3O2/c16-13-2-1-6-18-14(13)21-12-5-9-19(10-12)15(20)11-3-7-17-8-4-11/h1-4,6-8,12H,5,9-10H2. The van der Waals surface area contributed by atoms with Gasteiger partial charge in [-0.05, 0) is 40.2 Å². The number of likely N-dealkylation sites (tertiary alicyclic amines) is 1. The molecule has 108 valence electrons. The van der Waals surface area contributed by atoms with Crippen molar-refractivity contribution in [1.82, 2.24) is 14.9 Å². The van der Waals surface area contributed by atoms with Crippen molar-refractivity contribution < 1.29 is 9.53 Å². The van der Waals surface area contributed by atoms with Crippen molar-refractivity contribution in [3.8, 4) is 5.88 Å². The van der Waals surface area contributed by atoms with Crippen LogP contribution in [0.3, 0.4) is 0 Å². The highest BCUT2D eigenvalue weighted by atomic mass is 79.9. The van der Waals surface area contributed by atoms with Crippen LogP contribution in [0.5, 0.6) is 5.88 Å². The molecule has 1 amide bonds. The van der Waals surface area contributed by atoms with Crippen molar-refractivity contribution in [2.24, 2.45) is 0 Å². The van der Waals surface area contributed by atoms with Gasteiger partial charge < -0.3 is 9.64 Å². The highest BCUT2D eigenvalue weighted by molar-refractivity contribution is 9.10. The lowest BCUT2D eigenvalue weighted by Gasteiger charge is -2.17. The van der Waals surface area contributed by atoms with Gasteiger partial charge in [0.15, 0.2) is 0 Å². The predicted molar refractivity (Wildman–Crippen MR) is 81.1 cm³/mol. The van der Waals surface area contributed by atoms with Gasteiger partial charge in [0.1, 0.15) is 6.10 Å². The van der Waals surface area contributed by atoms with Gasteiger partial charge in [0.05, 0.1) is 11.0 Å². The molecule has 1 aliphatic heterocycles. The Hall–Kier alpha value is -1.95. The highest BCUT2D eigenvalue weighted by Gasteiger charge is 2.28. The van der Waals surface area contributed by atoms with E-state index in [1.807, 2.05) is 12.1 Å². The van der Waals surface area contributed by atoms with Crippen molar-refractivity contribution in [2.75, 3.05) is 13.1 Å². The van der Waals surface area contributed by atoms with Crippen molar-refractivity contribution >= 4 is 21.8 Å². The first kappa shape index (κ1) is 14.0. The van der Waals surface area contributed by atoms with Gasteiger partial charge >= 0.3 is 0 Å². The van der Waals surface area contributed by atoms with Gasteiger partial charge in [-0.15, -0.1) is 0 Å². The van der Waals surface area contributed by atoms with E-state index < -0.39 is 0 Å². The molecule has 1 saturated heterocycles. The molecule has 0 aromatic carbocycles. The number of pyridine rings is 2. The first-order valence-corrected chi connectivity index (χ1v) is 7.50. The molecule has 0 N–H and O–H groups in total. The molecule has 0 radical (unpaired) electrons. The first-order chi connectivity index (χ1) is 10.2. The summed E-state index contributed by atoms with van der Waals surface area (Å²) in [6, 6.07) is 7.18. The second-order valence-electron chi connectivity index (χ2n) is 4.81. The van der Waals surface area contributed by atoms with E-state index in [1.54, 1.807) is 35.6 Å². The number of hydrogen-bond acceptors (Lipinski definition) is 4. The summed E-state index contributed by atoms with van der Waals surface area (Å²) in [4.78, 5) is 22.2. The van der Waals surface area contributed by atoms with Gasteiger partial charge in [-0.3, -0.25) is 9.78 Å². The van der Waals surface area contributed by atoms with Crippen LogP contribution in [0.4, 0.5) is 0 Å². The lowest BCUT2D eigenvalue weighted by molar-refractivity contribution is 0.0771. The average Bonchev–Trinajstić information content (AvgIpc) is 2.98. The highest BCUT2D eigenvalue weighted by Crippen LogP contribution is 2.24. The maximum atomic E-state index is 12.3. The SMILES string of the molecule is O=C(c1ccncc1)N1CCC(Oc2ncccc2Br)C1. The molecule has 0 bridgehead atoms. The fourth-order valence-corrected chi connectivity index (χ4v) is 2.65. The van der Waals surface area contributed by atoms with E-state index in [1.165, 1.54) is 0 Å². The normalized spacial score (nSPS) is 17.8. The number of ether oxygens (including phenoxy) is 1.